The molecule has 21 heavy (non-hydrogen) atoms. The number of nitrogens with zero attached hydrogens (tertiary/aromatic N) is 1. The molecule has 0 unspecified atom stereocenters. The number of ether oxygens (including phenoxy) is 1. The van der Waals surface area contributed by atoms with Crippen molar-refractivity contribution in [1.29, 1.82) is 0 Å². The minimum absolute atomic E-state index is 0.503. The maximum atomic E-state index is 5.88. The number of rotatable bonds is 6. The maximum absolute atomic E-state index is 5.88. The third-order valence-electron chi connectivity index (χ3n) is 3.46. The lowest BCUT2D eigenvalue weighted by molar-refractivity contribution is 0.293. The van der Waals surface area contributed by atoms with Crippen molar-refractivity contribution in [3.63, 3.8) is 0 Å². The predicted molar refractivity (Wildman–Crippen MR) is 84.6 cm³/mol. The highest BCUT2D eigenvalue weighted by atomic mass is 35.5. The lowest BCUT2D eigenvalue weighted by Gasteiger charge is -2.09. The summed E-state index contributed by atoms with van der Waals surface area (Å²) in [4.78, 5) is 4.43. The Bertz CT molecular complexity index is 609. The Kier molecular flexibility index (Phi) is 4.42. The molecular weight excluding hydrogens is 284 g/mol. The second-order valence-corrected chi connectivity index (χ2v) is 5.96. The molecule has 1 heterocycles. The minimum Gasteiger partial charge on any atom is -0.473 e. The maximum Gasteiger partial charge on any atom is 0.214 e. The van der Waals surface area contributed by atoms with Gasteiger partial charge in [0.2, 0.25) is 5.88 Å². The molecule has 110 valence electrons. The fraction of sp³-hybridized carbons (Fsp3) is 0.353. The SMILES string of the molecule is Cc1cc(CNC2CC2)cc(OCc2ccc(Cl)cc2)n1. The summed E-state index contributed by atoms with van der Waals surface area (Å²) < 4.78 is 5.79. The molecule has 0 amide bonds. The van der Waals surface area contributed by atoms with Crippen LogP contribution in [0.25, 0.3) is 0 Å². The lowest BCUT2D eigenvalue weighted by Crippen LogP contribution is -2.15. The molecule has 1 aliphatic carbocycles. The van der Waals surface area contributed by atoms with Crippen molar-refractivity contribution in [2.75, 3.05) is 0 Å². The summed E-state index contributed by atoms with van der Waals surface area (Å²) in [5, 5.41) is 4.25. The normalized spacial score (nSPS) is 14.2. The Balaban J connectivity index is 1.62. The summed E-state index contributed by atoms with van der Waals surface area (Å²) in [6.45, 7) is 3.38. The monoisotopic (exact) mass is 302 g/mol. The fourth-order valence-electron chi connectivity index (χ4n) is 2.17. The number of pyridine rings is 1. The van der Waals surface area contributed by atoms with Gasteiger partial charge in [-0.2, -0.15) is 0 Å². The number of aromatic nitrogens is 1. The molecule has 1 aromatic carbocycles. The van der Waals surface area contributed by atoms with Crippen LogP contribution < -0.4 is 10.1 Å². The van der Waals surface area contributed by atoms with Gasteiger partial charge in [0.15, 0.2) is 0 Å². The second-order valence-electron chi connectivity index (χ2n) is 5.53. The van der Waals surface area contributed by atoms with Crippen LogP contribution >= 0.6 is 11.6 Å². The van der Waals surface area contributed by atoms with Crippen molar-refractivity contribution in [2.45, 2.75) is 39.0 Å². The van der Waals surface area contributed by atoms with E-state index in [1.165, 1.54) is 18.4 Å². The molecule has 0 atom stereocenters. The van der Waals surface area contributed by atoms with Gasteiger partial charge in [0.1, 0.15) is 6.61 Å². The third kappa shape index (κ3) is 4.45. The van der Waals surface area contributed by atoms with Crippen LogP contribution in [0.15, 0.2) is 36.4 Å². The average molecular weight is 303 g/mol. The van der Waals surface area contributed by atoms with Gasteiger partial charge in [0, 0.05) is 29.4 Å². The Hall–Kier alpha value is -1.58. The highest BCUT2D eigenvalue weighted by molar-refractivity contribution is 6.30. The van der Waals surface area contributed by atoms with E-state index >= 15 is 0 Å². The van der Waals surface area contributed by atoms with Crippen molar-refractivity contribution in [3.8, 4) is 5.88 Å². The molecule has 4 heteroatoms. The van der Waals surface area contributed by atoms with E-state index in [2.05, 4.69) is 16.4 Å². The largest absolute Gasteiger partial charge is 0.473 e. The predicted octanol–water partition coefficient (Wildman–Crippen LogP) is 3.87. The number of halogens is 1. The molecule has 0 bridgehead atoms. The van der Waals surface area contributed by atoms with Crippen LogP contribution in [0.3, 0.4) is 0 Å². The summed E-state index contributed by atoms with van der Waals surface area (Å²) in [5.74, 6) is 0.678. The van der Waals surface area contributed by atoms with E-state index in [4.69, 9.17) is 16.3 Å². The summed E-state index contributed by atoms with van der Waals surface area (Å²) in [6.07, 6.45) is 2.59. The van der Waals surface area contributed by atoms with Crippen molar-refractivity contribution in [2.24, 2.45) is 0 Å². The first kappa shape index (κ1) is 14.4. The van der Waals surface area contributed by atoms with E-state index in [1.54, 1.807) is 0 Å². The van der Waals surface area contributed by atoms with Gasteiger partial charge in [-0.1, -0.05) is 23.7 Å². The molecule has 1 saturated carbocycles. The summed E-state index contributed by atoms with van der Waals surface area (Å²) in [6, 6.07) is 12.5. The van der Waals surface area contributed by atoms with Gasteiger partial charge in [0.05, 0.1) is 0 Å². The lowest BCUT2D eigenvalue weighted by atomic mass is 10.2. The number of nitrogens with one attached hydrogen (secondary N) is 1. The van der Waals surface area contributed by atoms with Gasteiger partial charge in [-0.15, -0.1) is 0 Å². The zero-order valence-electron chi connectivity index (χ0n) is 12.1. The molecule has 1 aliphatic rings. The van der Waals surface area contributed by atoms with Crippen LogP contribution in [0.2, 0.25) is 5.02 Å². The third-order valence-corrected chi connectivity index (χ3v) is 3.71. The van der Waals surface area contributed by atoms with E-state index in [0.717, 1.165) is 22.8 Å². The van der Waals surface area contributed by atoms with Gasteiger partial charge >= 0.3 is 0 Å². The van der Waals surface area contributed by atoms with Crippen molar-refractivity contribution in [3.05, 3.63) is 58.2 Å². The van der Waals surface area contributed by atoms with Crippen LogP contribution in [0.1, 0.15) is 29.7 Å². The minimum atomic E-state index is 0.503. The molecule has 1 aromatic heterocycles. The van der Waals surface area contributed by atoms with Gasteiger partial charge in [0.25, 0.3) is 0 Å². The molecule has 3 nitrogen and oxygen atoms in total. The van der Waals surface area contributed by atoms with E-state index < -0.39 is 0 Å². The standard InChI is InChI=1S/C17H19ClN2O/c1-12-8-14(10-19-16-6-7-16)9-17(20-12)21-11-13-2-4-15(18)5-3-13/h2-5,8-9,16,19H,6-7,10-11H2,1H3. The van der Waals surface area contributed by atoms with Crippen LogP contribution in [-0.2, 0) is 13.2 Å². The van der Waals surface area contributed by atoms with Crippen LogP contribution in [0.5, 0.6) is 5.88 Å². The summed E-state index contributed by atoms with van der Waals surface area (Å²) in [5.41, 5.74) is 3.29. The Labute approximate surface area is 130 Å². The van der Waals surface area contributed by atoms with Crippen LogP contribution in [0.4, 0.5) is 0 Å². The molecule has 0 aliphatic heterocycles. The first-order valence-corrected chi connectivity index (χ1v) is 7.65. The molecule has 1 N–H and O–H groups in total. The summed E-state index contributed by atoms with van der Waals surface area (Å²) >= 11 is 5.88. The van der Waals surface area contributed by atoms with E-state index in [-0.39, 0.29) is 0 Å². The Morgan fingerprint density at radius 3 is 2.67 bits per heavy atom. The van der Waals surface area contributed by atoms with Crippen molar-refractivity contribution < 1.29 is 4.74 Å². The van der Waals surface area contributed by atoms with E-state index in [9.17, 15) is 0 Å². The van der Waals surface area contributed by atoms with Crippen molar-refractivity contribution in [1.82, 2.24) is 10.3 Å². The Morgan fingerprint density at radius 1 is 1.19 bits per heavy atom. The highest BCUT2D eigenvalue weighted by Gasteiger charge is 2.20. The molecule has 1 fully saturated rings. The fourth-order valence-corrected chi connectivity index (χ4v) is 2.30. The van der Waals surface area contributed by atoms with Gasteiger partial charge in [-0.25, -0.2) is 4.98 Å². The quantitative estimate of drug-likeness (QED) is 0.879. The smallest absolute Gasteiger partial charge is 0.214 e. The van der Waals surface area contributed by atoms with E-state index in [0.29, 0.717) is 18.5 Å². The van der Waals surface area contributed by atoms with Crippen LogP contribution in [0, 0.1) is 6.92 Å². The first-order chi connectivity index (χ1) is 10.2. The van der Waals surface area contributed by atoms with Gasteiger partial charge in [-0.3, -0.25) is 0 Å². The summed E-state index contributed by atoms with van der Waals surface area (Å²) in [7, 11) is 0. The molecule has 0 radical (unpaired) electrons. The molecule has 0 spiro atoms. The topological polar surface area (TPSA) is 34.1 Å². The Morgan fingerprint density at radius 2 is 1.95 bits per heavy atom. The molecule has 3 rings (SSSR count). The molecular formula is C17H19ClN2O. The second kappa shape index (κ2) is 6.46. The molecule has 0 saturated heterocycles. The van der Waals surface area contributed by atoms with Crippen molar-refractivity contribution >= 4 is 11.6 Å². The molecule has 2 aromatic rings. The van der Waals surface area contributed by atoms with E-state index in [1.807, 2.05) is 37.3 Å². The zero-order valence-corrected chi connectivity index (χ0v) is 12.9. The average Bonchev–Trinajstić information content (AvgIpc) is 3.28. The highest BCUT2D eigenvalue weighted by Crippen LogP contribution is 2.20. The number of benzene rings is 1. The zero-order chi connectivity index (χ0) is 14.7. The number of aryl methyl sites for hydroxylation is 1. The first-order valence-electron chi connectivity index (χ1n) is 7.27. The van der Waals surface area contributed by atoms with Crippen LogP contribution in [-0.4, -0.2) is 11.0 Å². The number of hydrogen-bond acceptors (Lipinski definition) is 3. The van der Waals surface area contributed by atoms with Gasteiger partial charge in [-0.05, 0) is 49.1 Å². The van der Waals surface area contributed by atoms with Gasteiger partial charge < -0.3 is 10.1 Å². The number of hydrogen-bond donors (Lipinski definition) is 1.